The lowest BCUT2D eigenvalue weighted by atomic mass is 10.1. The van der Waals surface area contributed by atoms with Crippen LogP contribution in [0.3, 0.4) is 0 Å². The van der Waals surface area contributed by atoms with Gasteiger partial charge in [-0.25, -0.2) is 19.3 Å². The van der Waals surface area contributed by atoms with Crippen molar-refractivity contribution in [3.63, 3.8) is 0 Å². The summed E-state index contributed by atoms with van der Waals surface area (Å²) in [7, 11) is -0.328. The van der Waals surface area contributed by atoms with E-state index in [0.29, 0.717) is 68.4 Å². The SMILES string of the molecule is COCn1c(CCCO[Si](C(C)C)(C(C)C)C(C)C)nc(-c2cc3occc3cc2F)c1-c1ccnc(SC)n1. The lowest BCUT2D eigenvalue weighted by molar-refractivity contribution is 0.129. The maximum atomic E-state index is 15.5. The van der Waals surface area contributed by atoms with Crippen molar-refractivity contribution in [2.45, 2.75) is 82.9 Å². The Hall–Kier alpha value is -2.53. The number of nitrogens with zero attached hydrogens (tertiary/aromatic N) is 4. The summed E-state index contributed by atoms with van der Waals surface area (Å²) in [5.74, 6) is 0.428. The lowest BCUT2D eigenvalue weighted by Gasteiger charge is -2.42. The first-order valence-electron chi connectivity index (χ1n) is 13.9. The number of imidazole rings is 1. The van der Waals surface area contributed by atoms with Crippen molar-refractivity contribution >= 4 is 31.0 Å². The average molecular weight is 585 g/mol. The summed E-state index contributed by atoms with van der Waals surface area (Å²) in [6.07, 6.45) is 6.65. The van der Waals surface area contributed by atoms with E-state index < -0.39 is 8.32 Å². The quantitative estimate of drug-likeness (QED) is 0.0676. The Bertz CT molecular complexity index is 1410. The average Bonchev–Trinajstić information content (AvgIpc) is 3.51. The Morgan fingerprint density at radius 2 is 1.77 bits per heavy atom. The second-order valence-electron chi connectivity index (χ2n) is 11.1. The number of furan rings is 1. The van der Waals surface area contributed by atoms with Gasteiger partial charge in [0.1, 0.15) is 29.6 Å². The van der Waals surface area contributed by atoms with Crippen molar-refractivity contribution in [1.82, 2.24) is 19.5 Å². The molecule has 10 heteroatoms. The summed E-state index contributed by atoms with van der Waals surface area (Å²) in [6, 6.07) is 6.78. The highest BCUT2D eigenvalue weighted by atomic mass is 32.2. The number of aromatic nitrogens is 4. The molecule has 0 aliphatic heterocycles. The second-order valence-corrected chi connectivity index (χ2v) is 17.3. The molecule has 0 radical (unpaired) electrons. The highest BCUT2D eigenvalue weighted by molar-refractivity contribution is 7.98. The van der Waals surface area contributed by atoms with Crippen LogP contribution in [0.4, 0.5) is 4.39 Å². The minimum Gasteiger partial charge on any atom is -0.464 e. The molecule has 0 N–H and O–H groups in total. The van der Waals surface area contributed by atoms with Gasteiger partial charge in [-0.05, 0) is 53.6 Å². The Morgan fingerprint density at radius 1 is 1.05 bits per heavy atom. The van der Waals surface area contributed by atoms with Gasteiger partial charge in [0.15, 0.2) is 13.5 Å². The van der Waals surface area contributed by atoms with Crippen LogP contribution in [0.5, 0.6) is 0 Å². The molecule has 3 heterocycles. The number of rotatable bonds is 13. The molecule has 0 saturated carbocycles. The molecule has 216 valence electrons. The Balaban J connectivity index is 1.76. The van der Waals surface area contributed by atoms with Crippen molar-refractivity contribution in [2.75, 3.05) is 20.0 Å². The second kappa shape index (κ2) is 13.0. The van der Waals surface area contributed by atoms with E-state index in [1.165, 1.54) is 17.8 Å². The van der Waals surface area contributed by atoms with Crippen LogP contribution in [0.15, 0.2) is 46.3 Å². The molecule has 0 aliphatic rings. The van der Waals surface area contributed by atoms with Crippen molar-refractivity contribution in [3.8, 4) is 22.6 Å². The molecule has 0 aliphatic carbocycles. The zero-order chi connectivity index (χ0) is 29.0. The van der Waals surface area contributed by atoms with Crippen LogP contribution in [0.2, 0.25) is 16.6 Å². The van der Waals surface area contributed by atoms with E-state index in [1.807, 2.05) is 16.9 Å². The first kappa shape index (κ1) is 30.4. The maximum absolute atomic E-state index is 15.5. The third-order valence-corrected chi connectivity index (χ3v) is 14.4. The summed E-state index contributed by atoms with van der Waals surface area (Å²) in [4.78, 5) is 14.1. The van der Waals surface area contributed by atoms with Gasteiger partial charge in [0.25, 0.3) is 0 Å². The van der Waals surface area contributed by atoms with Gasteiger partial charge in [0.05, 0.1) is 17.7 Å². The van der Waals surface area contributed by atoms with E-state index in [-0.39, 0.29) is 12.5 Å². The Labute approximate surface area is 242 Å². The number of methoxy groups -OCH3 is 1. The van der Waals surface area contributed by atoms with Gasteiger partial charge in [-0.3, -0.25) is 0 Å². The molecule has 0 bridgehead atoms. The number of thioether (sulfide) groups is 1. The number of aryl methyl sites for hydroxylation is 1. The Kier molecular flexibility index (Phi) is 9.87. The fourth-order valence-corrected chi connectivity index (χ4v) is 12.0. The van der Waals surface area contributed by atoms with E-state index >= 15 is 4.39 Å². The van der Waals surface area contributed by atoms with E-state index in [1.54, 1.807) is 31.7 Å². The van der Waals surface area contributed by atoms with Crippen LogP contribution in [-0.4, -0.2) is 47.8 Å². The summed E-state index contributed by atoms with van der Waals surface area (Å²) in [5.41, 5.74) is 4.37. The largest absolute Gasteiger partial charge is 0.464 e. The van der Waals surface area contributed by atoms with Crippen LogP contribution >= 0.6 is 11.8 Å². The van der Waals surface area contributed by atoms with Crippen molar-refractivity contribution in [3.05, 3.63) is 48.4 Å². The van der Waals surface area contributed by atoms with Crippen LogP contribution < -0.4 is 0 Å². The predicted molar refractivity (Wildman–Crippen MR) is 163 cm³/mol. The first-order valence-corrected chi connectivity index (χ1v) is 17.3. The van der Waals surface area contributed by atoms with Crippen LogP contribution in [0, 0.1) is 5.82 Å². The van der Waals surface area contributed by atoms with E-state index in [2.05, 4.69) is 46.5 Å². The molecular formula is C30H41FN4O3SSi. The maximum Gasteiger partial charge on any atom is 0.200 e. The van der Waals surface area contributed by atoms with E-state index in [4.69, 9.17) is 23.5 Å². The van der Waals surface area contributed by atoms with Crippen LogP contribution in [0.1, 0.15) is 53.8 Å². The standard InChI is InChI=1S/C30H41FN4O3SSi/c1-19(2)40(20(3)4,21(5)6)38-14-9-10-27-34-28(23-17-26-22(12-15-37-26)16-24(23)31)29(35(27)18-36-7)25-11-13-32-30(33-25)39-8/h11-13,15-17,19-21H,9-10,14,18H2,1-8H3. The van der Waals surface area contributed by atoms with Crippen molar-refractivity contribution < 1.29 is 18.0 Å². The van der Waals surface area contributed by atoms with E-state index in [9.17, 15) is 0 Å². The van der Waals surface area contributed by atoms with E-state index in [0.717, 1.165) is 12.2 Å². The summed E-state index contributed by atoms with van der Waals surface area (Å²) >= 11 is 1.45. The van der Waals surface area contributed by atoms with Crippen LogP contribution in [-0.2, 0) is 22.3 Å². The third kappa shape index (κ3) is 5.91. The molecule has 40 heavy (non-hydrogen) atoms. The number of hydrogen-bond acceptors (Lipinski definition) is 7. The minimum absolute atomic E-state index is 0.254. The van der Waals surface area contributed by atoms with Gasteiger partial charge in [-0.1, -0.05) is 53.3 Å². The molecule has 7 nitrogen and oxygen atoms in total. The summed E-state index contributed by atoms with van der Waals surface area (Å²) in [5, 5.41) is 1.33. The van der Waals surface area contributed by atoms with Gasteiger partial charge < -0.3 is 18.1 Å². The van der Waals surface area contributed by atoms with Gasteiger partial charge in [-0.15, -0.1) is 0 Å². The molecular weight excluding hydrogens is 544 g/mol. The zero-order valence-corrected chi connectivity index (χ0v) is 26.6. The van der Waals surface area contributed by atoms with Crippen molar-refractivity contribution in [2.24, 2.45) is 0 Å². The fraction of sp³-hybridized carbons (Fsp3) is 0.500. The number of fused-ring (bicyclic) bond motifs is 1. The van der Waals surface area contributed by atoms with Gasteiger partial charge >= 0.3 is 0 Å². The number of hydrogen-bond donors (Lipinski definition) is 0. The monoisotopic (exact) mass is 584 g/mol. The van der Waals surface area contributed by atoms with Gasteiger partial charge in [0.2, 0.25) is 0 Å². The normalized spacial score (nSPS) is 12.5. The van der Waals surface area contributed by atoms with Gasteiger partial charge in [0, 0.05) is 37.3 Å². The molecule has 0 spiro atoms. The molecule has 0 saturated heterocycles. The predicted octanol–water partition coefficient (Wildman–Crippen LogP) is 8.34. The highest BCUT2D eigenvalue weighted by Crippen LogP contribution is 2.42. The van der Waals surface area contributed by atoms with Crippen LogP contribution in [0.25, 0.3) is 33.6 Å². The zero-order valence-electron chi connectivity index (χ0n) is 24.8. The minimum atomic E-state index is -1.97. The number of halogens is 1. The lowest BCUT2D eigenvalue weighted by Crippen LogP contribution is -2.48. The Morgan fingerprint density at radius 3 is 2.42 bits per heavy atom. The molecule has 3 aromatic heterocycles. The molecule has 0 unspecified atom stereocenters. The molecule has 4 rings (SSSR count). The topological polar surface area (TPSA) is 75.2 Å². The fourth-order valence-electron chi connectivity index (χ4n) is 6.12. The smallest absolute Gasteiger partial charge is 0.200 e. The molecule has 0 fully saturated rings. The third-order valence-electron chi connectivity index (χ3n) is 7.76. The summed E-state index contributed by atoms with van der Waals surface area (Å²) in [6.45, 7) is 14.7. The van der Waals surface area contributed by atoms with Crippen molar-refractivity contribution in [1.29, 1.82) is 0 Å². The molecule has 4 aromatic rings. The highest BCUT2D eigenvalue weighted by Gasteiger charge is 2.44. The number of ether oxygens (including phenoxy) is 1. The number of benzene rings is 1. The molecule has 0 atom stereocenters. The molecule has 0 amide bonds. The summed E-state index contributed by atoms with van der Waals surface area (Å²) < 4.78 is 35.6. The molecule has 1 aromatic carbocycles. The first-order chi connectivity index (χ1) is 19.1. The van der Waals surface area contributed by atoms with Gasteiger partial charge in [-0.2, -0.15) is 0 Å².